The van der Waals surface area contributed by atoms with Gasteiger partial charge in [0.15, 0.2) is 0 Å². The number of carbonyl (C=O) groups excluding carboxylic acids is 1. The second-order valence-electron chi connectivity index (χ2n) is 2.15. The Morgan fingerprint density at radius 3 is 2.20 bits per heavy atom. The molecule has 10 heavy (non-hydrogen) atoms. The van der Waals surface area contributed by atoms with Crippen LogP contribution in [0.2, 0.25) is 0 Å². The average molecular weight is 177 g/mol. The number of amides is 1. The van der Waals surface area contributed by atoms with E-state index in [-0.39, 0.29) is 5.91 Å². The van der Waals surface area contributed by atoms with Gasteiger partial charge in [0.25, 0.3) is 0 Å². The molecule has 0 aromatic carbocycles. The first-order valence-electron chi connectivity index (χ1n) is 3.30. The molecule has 0 bridgehead atoms. The SMILES string of the molecule is CC(=O)N1CCSSCC1. The third-order valence-electron chi connectivity index (χ3n) is 1.42. The molecule has 0 radical (unpaired) electrons. The Labute approximate surface area is 69.1 Å². The van der Waals surface area contributed by atoms with Crippen molar-refractivity contribution in [2.24, 2.45) is 0 Å². The van der Waals surface area contributed by atoms with E-state index in [4.69, 9.17) is 0 Å². The van der Waals surface area contributed by atoms with Crippen LogP contribution in [0.4, 0.5) is 0 Å². The van der Waals surface area contributed by atoms with Crippen LogP contribution in [-0.2, 0) is 4.79 Å². The van der Waals surface area contributed by atoms with E-state index in [0.29, 0.717) is 0 Å². The van der Waals surface area contributed by atoms with Gasteiger partial charge in [-0.15, -0.1) is 0 Å². The summed E-state index contributed by atoms with van der Waals surface area (Å²) in [5.41, 5.74) is 0. The number of rotatable bonds is 0. The van der Waals surface area contributed by atoms with Gasteiger partial charge in [0, 0.05) is 31.5 Å². The first-order chi connectivity index (χ1) is 4.80. The molecule has 1 saturated heterocycles. The van der Waals surface area contributed by atoms with Gasteiger partial charge in [-0.2, -0.15) is 0 Å². The highest BCUT2D eigenvalue weighted by Gasteiger charge is 2.10. The molecule has 2 nitrogen and oxygen atoms in total. The van der Waals surface area contributed by atoms with Crippen molar-refractivity contribution in [2.75, 3.05) is 24.6 Å². The lowest BCUT2D eigenvalue weighted by Crippen LogP contribution is -2.31. The molecule has 0 aliphatic carbocycles. The van der Waals surface area contributed by atoms with E-state index in [9.17, 15) is 4.79 Å². The van der Waals surface area contributed by atoms with E-state index in [2.05, 4.69) is 0 Å². The lowest BCUT2D eigenvalue weighted by atomic mass is 10.5. The average Bonchev–Trinajstić information content (AvgIpc) is 2.12. The zero-order valence-corrected chi connectivity index (χ0v) is 7.63. The smallest absolute Gasteiger partial charge is 0.219 e. The van der Waals surface area contributed by atoms with Gasteiger partial charge in [-0.3, -0.25) is 4.79 Å². The second-order valence-corrected chi connectivity index (χ2v) is 4.85. The highest BCUT2D eigenvalue weighted by Crippen LogP contribution is 2.23. The molecule has 4 heteroatoms. The van der Waals surface area contributed by atoms with Crippen LogP contribution in [0.15, 0.2) is 0 Å². The highest BCUT2D eigenvalue weighted by molar-refractivity contribution is 8.76. The second kappa shape index (κ2) is 4.13. The van der Waals surface area contributed by atoms with Gasteiger partial charge < -0.3 is 4.90 Å². The first-order valence-corrected chi connectivity index (χ1v) is 5.79. The molecule has 1 rings (SSSR count). The molecule has 1 fully saturated rings. The summed E-state index contributed by atoms with van der Waals surface area (Å²) >= 11 is 0. The summed E-state index contributed by atoms with van der Waals surface area (Å²) in [5.74, 6) is 2.36. The van der Waals surface area contributed by atoms with E-state index in [1.54, 1.807) is 6.92 Å². The van der Waals surface area contributed by atoms with Crippen molar-refractivity contribution < 1.29 is 4.79 Å². The summed E-state index contributed by atoms with van der Waals surface area (Å²) in [7, 11) is 3.72. The zero-order chi connectivity index (χ0) is 7.40. The summed E-state index contributed by atoms with van der Waals surface area (Å²) in [6.45, 7) is 3.49. The summed E-state index contributed by atoms with van der Waals surface area (Å²) in [4.78, 5) is 12.8. The van der Waals surface area contributed by atoms with Crippen molar-refractivity contribution in [2.45, 2.75) is 6.92 Å². The predicted molar refractivity (Wildman–Crippen MR) is 47.2 cm³/mol. The van der Waals surface area contributed by atoms with Gasteiger partial charge in [0.2, 0.25) is 5.91 Å². The van der Waals surface area contributed by atoms with Gasteiger partial charge in [-0.05, 0) is 0 Å². The molecule has 0 N–H and O–H groups in total. The molecule has 1 aliphatic rings. The van der Waals surface area contributed by atoms with Crippen LogP contribution in [0, 0.1) is 0 Å². The Morgan fingerprint density at radius 2 is 1.80 bits per heavy atom. The van der Waals surface area contributed by atoms with Crippen LogP contribution in [-0.4, -0.2) is 35.4 Å². The molecule has 0 spiro atoms. The topological polar surface area (TPSA) is 20.3 Å². The van der Waals surface area contributed by atoms with Crippen LogP contribution >= 0.6 is 21.6 Å². The molecule has 0 unspecified atom stereocenters. The van der Waals surface area contributed by atoms with E-state index >= 15 is 0 Å². The fourth-order valence-electron chi connectivity index (χ4n) is 0.839. The van der Waals surface area contributed by atoms with Crippen LogP contribution in [0.25, 0.3) is 0 Å². The fraction of sp³-hybridized carbons (Fsp3) is 0.833. The van der Waals surface area contributed by atoms with Crippen molar-refractivity contribution in [3.05, 3.63) is 0 Å². The van der Waals surface area contributed by atoms with Crippen LogP contribution in [0.3, 0.4) is 0 Å². The lowest BCUT2D eigenvalue weighted by Gasteiger charge is -2.16. The number of hydrogen-bond acceptors (Lipinski definition) is 3. The summed E-state index contributed by atoms with van der Waals surface area (Å²) in [6.07, 6.45) is 0. The zero-order valence-electron chi connectivity index (χ0n) is 6.00. The number of nitrogens with zero attached hydrogens (tertiary/aromatic N) is 1. The molecule has 1 heterocycles. The van der Waals surface area contributed by atoms with Crippen molar-refractivity contribution in [3.63, 3.8) is 0 Å². The van der Waals surface area contributed by atoms with Gasteiger partial charge in [-0.1, -0.05) is 21.6 Å². The maximum absolute atomic E-state index is 10.9. The first kappa shape index (κ1) is 8.27. The molecular formula is C6H11NOS2. The van der Waals surface area contributed by atoms with Crippen molar-refractivity contribution in [3.8, 4) is 0 Å². The minimum Gasteiger partial charge on any atom is -0.341 e. The monoisotopic (exact) mass is 177 g/mol. The van der Waals surface area contributed by atoms with Crippen LogP contribution in [0.5, 0.6) is 0 Å². The molecule has 0 saturated carbocycles. The quantitative estimate of drug-likeness (QED) is 0.519. The maximum atomic E-state index is 10.9. The Morgan fingerprint density at radius 1 is 1.30 bits per heavy atom. The van der Waals surface area contributed by atoms with E-state index < -0.39 is 0 Å². The van der Waals surface area contributed by atoms with Crippen LogP contribution < -0.4 is 0 Å². The normalized spacial score (nSPS) is 20.3. The highest BCUT2D eigenvalue weighted by atomic mass is 33.1. The molecule has 0 aromatic heterocycles. The summed E-state index contributed by atoms with van der Waals surface area (Å²) in [6, 6.07) is 0. The third-order valence-corrected chi connectivity index (χ3v) is 3.78. The largest absolute Gasteiger partial charge is 0.341 e. The minimum absolute atomic E-state index is 0.211. The minimum atomic E-state index is 0.211. The van der Waals surface area contributed by atoms with Crippen LogP contribution in [0.1, 0.15) is 6.92 Å². The summed E-state index contributed by atoms with van der Waals surface area (Å²) < 4.78 is 0. The molecule has 0 atom stereocenters. The Kier molecular flexibility index (Phi) is 3.42. The van der Waals surface area contributed by atoms with Crippen molar-refractivity contribution in [1.82, 2.24) is 4.90 Å². The van der Waals surface area contributed by atoms with Gasteiger partial charge >= 0.3 is 0 Å². The van der Waals surface area contributed by atoms with E-state index in [1.807, 2.05) is 26.5 Å². The predicted octanol–water partition coefficient (Wildman–Crippen LogP) is 1.23. The third kappa shape index (κ3) is 2.42. The molecule has 0 aromatic rings. The van der Waals surface area contributed by atoms with Crippen molar-refractivity contribution in [1.29, 1.82) is 0 Å². The number of carbonyl (C=O) groups is 1. The standard InChI is InChI=1S/C6H11NOS2/c1-6(8)7-2-4-9-10-5-3-7/h2-5H2,1H3. The maximum Gasteiger partial charge on any atom is 0.219 e. The summed E-state index contributed by atoms with van der Waals surface area (Å²) in [5, 5.41) is 0. The molecule has 1 amide bonds. The Hall–Kier alpha value is 0.170. The molecule has 58 valence electrons. The van der Waals surface area contributed by atoms with E-state index in [1.165, 1.54) is 0 Å². The molecular weight excluding hydrogens is 166 g/mol. The van der Waals surface area contributed by atoms with Gasteiger partial charge in [-0.25, -0.2) is 0 Å². The van der Waals surface area contributed by atoms with Gasteiger partial charge in [0.05, 0.1) is 0 Å². The van der Waals surface area contributed by atoms with E-state index in [0.717, 1.165) is 24.6 Å². The Balaban J connectivity index is 2.35. The van der Waals surface area contributed by atoms with Gasteiger partial charge in [0.1, 0.15) is 0 Å². The number of hydrogen-bond donors (Lipinski definition) is 0. The molecule has 1 aliphatic heterocycles. The Bertz CT molecular complexity index is 121. The fourth-order valence-corrected chi connectivity index (χ4v) is 2.82. The lowest BCUT2D eigenvalue weighted by molar-refractivity contribution is -0.128. The van der Waals surface area contributed by atoms with Crippen molar-refractivity contribution >= 4 is 27.5 Å².